The second kappa shape index (κ2) is 30.6. The molecule has 0 fully saturated rings. The minimum absolute atomic E-state index is 0.104. The molecule has 0 spiro atoms. The second-order valence-electron chi connectivity index (χ2n) is 15.5. The number of hydrogen-bond donors (Lipinski definition) is 6. The Bertz CT molecular complexity index is 2510. The number of anilines is 6. The van der Waals surface area contributed by atoms with E-state index in [9.17, 15) is 19.2 Å². The zero-order valence-corrected chi connectivity index (χ0v) is 40.6. The molecule has 19 nitrogen and oxygen atoms in total. The van der Waals surface area contributed by atoms with E-state index in [-0.39, 0.29) is 76.5 Å². The quantitative estimate of drug-likeness (QED) is 0.0218. The van der Waals surface area contributed by atoms with Crippen LogP contribution in [0.3, 0.4) is 0 Å². The smallest absolute Gasteiger partial charge is 0.250 e. The van der Waals surface area contributed by atoms with Gasteiger partial charge < -0.3 is 74.5 Å². The lowest BCUT2D eigenvalue weighted by atomic mass is 10.2. The van der Waals surface area contributed by atoms with Crippen molar-refractivity contribution >= 4 is 57.8 Å². The summed E-state index contributed by atoms with van der Waals surface area (Å²) in [4.78, 5) is 49.7. The monoisotopic (exact) mass is 1000 g/mol. The van der Waals surface area contributed by atoms with Gasteiger partial charge in [-0.2, -0.15) is 0 Å². The molecular weight excluding hydrogens is 941 g/mol. The van der Waals surface area contributed by atoms with E-state index < -0.39 is 0 Å². The predicted molar refractivity (Wildman–Crippen MR) is 277 cm³/mol. The van der Waals surface area contributed by atoms with Gasteiger partial charge >= 0.3 is 0 Å². The molecule has 0 aliphatic carbocycles. The van der Waals surface area contributed by atoms with Gasteiger partial charge in [0.2, 0.25) is 23.6 Å². The van der Waals surface area contributed by atoms with Crippen LogP contribution in [0.5, 0.6) is 34.5 Å². The third kappa shape index (κ3) is 18.9. The van der Waals surface area contributed by atoms with Crippen molar-refractivity contribution in [3.8, 4) is 34.5 Å². The molecule has 0 saturated heterocycles. The maximum Gasteiger partial charge on any atom is 0.250 e. The van der Waals surface area contributed by atoms with Crippen LogP contribution in [0.25, 0.3) is 0 Å². The Balaban J connectivity index is 0.837. The Morgan fingerprint density at radius 1 is 0.315 bits per heavy atom. The fourth-order valence-corrected chi connectivity index (χ4v) is 6.69. The van der Waals surface area contributed by atoms with Crippen molar-refractivity contribution in [1.29, 1.82) is 0 Å². The molecule has 73 heavy (non-hydrogen) atoms. The molecule has 384 valence electrons. The lowest BCUT2D eigenvalue weighted by molar-refractivity contribution is -0.121. The number of rotatable bonds is 32. The minimum atomic E-state index is -0.372. The second-order valence-corrected chi connectivity index (χ2v) is 15.5. The number of hydrogen-bond acceptors (Lipinski definition) is 15. The summed E-state index contributed by atoms with van der Waals surface area (Å²) in [6.07, 6.45) is 0. The molecule has 0 unspecified atom stereocenters. The molecule has 0 radical (unpaired) electrons. The largest absolute Gasteiger partial charge is 0.453 e. The fraction of sp³-hybridized carbons (Fsp3) is 0.259. The van der Waals surface area contributed by atoms with Crippen LogP contribution in [0, 0.1) is 0 Å². The van der Waals surface area contributed by atoms with Crippen LogP contribution in [0.15, 0.2) is 146 Å². The van der Waals surface area contributed by atoms with Gasteiger partial charge in [0.25, 0.3) is 0 Å². The van der Waals surface area contributed by atoms with Crippen molar-refractivity contribution in [3.63, 3.8) is 0 Å². The van der Waals surface area contributed by atoms with Crippen molar-refractivity contribution in [2.24, 2.45) is 0 Å². The van der Waals surface area contributed by atoms with Crippen LogP contribution >= 0.6 is 0 Å². The Kier molecular flexibility index (Phi) is 22.8. The van der Waals surface area contributed by atoms with Gasteiger partial charge in [-0.1, -0.05) is 72.8 Å². The van der Waals surface area contributed by atoms with E-state index in [2.05, 4.69) is 31.9 Å². The van der Waals surface area contributed by atoms with Gasteiger partial charge in [-0.15, -0.1) is 0 Å². The average Bonchev–Trinajstić information content (AvgIpc) is 3.39. The first-order valence-electron chi connectivity index (χ1n) is 23.3. The fourth-order valence-electron chi connectivity index (χ4n) is 6.69. The van der Waals surface area contributed by atoms with Gasteiger partial charge in [-0.05, 0) is 72.8 Å². The summed E-state index contributed by atoms with van der Waals surface area (Å²) in [5.41, 5.74) is 3.34. The van der Waals surface area contributed by atoms with E-state index >= 15 is 0 Å². The number of carbonyl (C=O) groups excluding carboxylic acids is 4. The van der Waals surface area contributed by atoms with Crippen LogP contribution in [0.2, 0.25) is 0 Å². The molecule has 0 atom stereocenters. The minimum Gasteiger partial charge on any atom is -0.453 e. The van der Waals surface area contributed by atoms with Gasteiger partial charge in [-0.3, -0.25) is 19.2 Å². The standard InChI is InChI=1S/C54H60N6O13/c1-65-35-51(61)57-41-17-5-11-23-47(41)72-49-25-13-7-19-43(49)59-53(63)37-69-33-31-67-29-27-55-39-15-3-9-21-45(39)71-46-22-10-4-16-40(46)56-28-30-68-32-34-70-38-54(64)60-44-20-8-14-26-50(44)73-48-24-12-6-18-42(48)58-52(62)36-66-2/h3-26,55-56H,27-38H2,1-2H3,(H,57,61)(H,58,62)(H,59,63)(H,60,64). The SMILES string of the molecule is COCC(=O)Nc1ccccc1Oc1ccccc1NC(=O)COCCOCCNc1ccccc1Oc1ccccc1NCCOCCOCC(=O)Nc1ccccc1Oc1ccccc1NC(=O)COC. The molecule has 0 aliphatic heterocycles. The van der Waals surface area contributed by atoms with Crippen LogP contribution in [0.4, 0.5) is 34.1 Å². The highest BCUT2D eigenvalue weighted by atomic mass is 16.5. The summed E-state index contributed by atoms with van der Waals surface area (Å²) in [6, 6.07) is 43.0. The zero-order chi connectivity index (χ0) is 51.3. The van der Waals surface area contributed by atoms with Crippen molar-refractivity contribution in [2.45, 2.75) is 0 Å². The molecule has 19 heteroatoms. The highest BCUT2D eigenvalue weighted by Gasteiger charge is 2.15. The number of carbonyl (C=O) groups is 4. The molecule has 0 heterocycles. The summed E-state index contributed by atoms with van der Waals surface area (Å²) < 4.78 is 50.9. The predicted octanol–water partition coefficient (Wildman–Crippen LogP) is 8.40. The summed E-state index contributed by atoms with van der Waals surface area (Å²) in [5, 5.41) is 17.8. The molecule has 6 aromatic rings. The van der Waals surface area contributed by atoms with Crippen molar-refractivity contribution in [3.05, 3.63) is 146 Å². The van der Waals surface area contributed by atoms with Crippen LogP contribution in [-0.2, 0) is 47.6 Å². The van der Waals surface area contributed by atoms with Crippen molar-refractivity contribution in [2.75, 3.05) is 125 Å². The molecule has 0 saturated carbocycles. The van der Waals surface area contributed by atoms with Crippen LogP contribution < -0.4 is 46.1 Å². The number of ether oxygens (including phenoxy) is 9. The number of para-hydroxylation sites is 12. The Morgan fingerprint density at radius 2 is 0.562 bits per heavy atom. The molecule has 0 aliphatic rings. The Labute approximate surface area is 423 Å². The molecule has 0 aromatic heterocycles. The first-order chi connectivity index (χ1) is 35.8. The first kappa shape index (κ1) is 54.3. The van der Waals surface area contributed by atoms with Crippen molar-refractivity contribution < 1.29 is 61.8 Å². The van der Waals surface area contributed by atoms with E-state index in [1.165, 1.54) is 14.2 Å². The highest BCUT2D eigenvalue weighted by Crippen LogP contribution is 2.36. The molecule has 6 rings (SSSR count). The molecule has 6 aromatic carbocycles. The summed E-state index contributed by atoms with van der Waals surface area (Å²) in [5.74, 6) is 1.41. The lowest BCUT2D eigenvalue weighted by Gasteiger charge is -2.16. The third-order valence-corrected chi connectivity index (χ3v) is 9.96. The Hall–Kier alpha value is -8.04. The number of benzene rings is 6. The van der Waals surface area contributed by atoms with E-state index in [1.807, 2.05) is 48.5 Å². The van der Waals surface area contributed by atoms with Gasteiger partial charge in [0.15, 0.2) is 34.5 Å². The summed E-state index contributed by atoms with van der Waals surface area (Å²) >= 11 is 0. The normalized spacial score (nSPS) is 10.7. The number of nitrogens with one attached hydrogen (secondary N) is 6. The summed E-state index contributed by atoms with van der Waals surface area (Å²) in [6.45, 7) is 2.07. The maximum absolute atomic E-state index is 12.8. The molecular formula is C54H60N6O13. The van der Waals surface area contributed by atoms with E-state index in [1.54, 1.807) is 97.1 Å². The van der Waals surface area contributed by atoms with Crippen LogP contribution in [0.1, 0.15) is 0 Å². The maximum atomic E-state index is 12.8. The molecule has 0 bridgehead atoms. The van der Waals surface area contributed by atoms with Crippen LogP contribution in [-0.4, -0.2) is 117 Å². The Morgan fingerprint density at radius 3 is 0.863 bits per heavy atom. The average molecular weight is 1000 g/mol. The highest BCUT2D eigenvalue weighted by molar-refractivity contribution is 5.95. The molecule has 4 amide bonds. The van der Waals surface area contributed by atoms with Gasteiger partial charge in [0.05, 0.1) is 73.8 Å². The van der Waals surface area contributed by atoms with E-state index in [0.717, 1.165) is 11.4 Å². The number of amides is 4. The number of methoxy groups -OCH3 is 2. The first-order valence-corrected chi connectivity index (χ1v) is 23.3. The van der Waals surface area contributed by atoms with Gasteiger partial charge in [0.1, 0.15) is 26.4 Å². The van der Waals surface area contributed by atoms with E-state index in [0.29, 0.717) is 83.5 Å². The topological polar surface area (TPSA) is 224 Å². The third-order valence-electron chi connectivity index (χ3n) is 9.96. The van der Waals surface area contributed by atoms with E-state index in [4.69, 9.17) is 42.6 Å². The van der Waals surface area contributed by atoms with Gasteiger partial charge in [0, 0.05) is 27.3 Å². The van der Waals surface area contributed by atoms with Gasteiger partial charge in [-0.25, -0.2) is 0 Å². The molecule has 6 N–H and O–H groups in total. The summed E-state index contributed by atoms with van der Waals surface area (Å²) in [7, 11) is 2.87. The zero-order valence-electron chi connectivity index (χ0n) is 40.6. The lowest BCUT2D eigenvalue weighted by Crippen LogP contribution is -2.20. The van der Waals surface area contributed by atoms with Crippen molar-refractivity contribution in [1.82, 2.24) is 0 Å².